The van der Waals surface area contributed by atoms with Gasteiger partial charge in [-0.1, -0.05) is 32.9 Å². The Morgan fingerprint density at radius 2 is 2.00 bits per heavy atom. The van der Waals surface area contributed by atoms with Crippen LogP contribution in [0.5, 0.6) is 5.75 Å². The van der Waals surface area contributed by atoms with Crippen LogP contribution in [-0.2, 0) is 11.8 Å². The van der Waals surface area contributed by atoms with Gasteiger partial charge in [0.15, 0.2) is 0 Å². The summed E-state index contributed by atoms with van der Waals surface area (Å²) in [5, 5.41) is 8.75. The van der Waals surface area contributed by atoms with Crippen molar-refractivity contribution in [1.82, 2.24) is 15.5 Å². The van der Waals surface area contributed by atoms with Gasteiger partial charge in [-0.3, -0.25) is 9.59 Å². The van der Waals surface area contributed by atoms with Crippen molar-refractivity contribution in [2.45, 2.75) is 32.6 Å². The summed E-state index contributed by atoms with van der Waals surface area (Å²) in [5.41, 5.74) is 2.15. The van der Waals surface area contributed by atoms with Gasteiger partial charge in [-0.05, 0) is 35.1 Å². The van der Waals surface area contributed by atoms with Crippen LogP contribution in [0.15, 0.2) is 35.1 Å². The number of aromatic amines is 1. The molecule has 0 fully saturated rings. The van der Waals surface area contributed by atoms with E-state index in [1.54, 1.807) is 7.11 Å². The number of rotatable bonds is 5. The second kappa shape index (κ2) is 7.29. The van der Waals surface area contributed by atoms with Crippen LogP contribution in [0, 0.1) is 0 Å². The lowest BCUT2D eigenvalue weighted by Crippen LogP contribution is -2.27. The first-order valence-electron chi connectivity index (χ1n) is 7.82. The van der Waals surface area contributed by atoms with Crippen LogP contribution >= 0.6 is 0 Å². The van der Waals surface area contributed by atoms with Crippen LogP contribution in [-0.4, -0.2) is 29.8 Å². The smallest absolute Gasteiger partial charge is 0.271 e. The van der Waals surface area contributed by atoms with Gasteiger partial charge >= 0.3 is 0 Å². The molecule has 0 bridgehead atoms. The first-order valence-corrected chi connectivity index (χ1v) is 7.82. The summed E-state index contributed by atoms with van der Waals surface area (Å²) in [6.45, 7) is 6.91. The van der Waals surface area contributed by atoms with E-state index in [2.05, 4.69) is 48.4 Å². The predicted octanol–water partition coefficient (Wildman–Crippen LogP) is 2.05. The van der Waals surface area contributed by atoms with Crippen molar-refractivity contribution in [3.63, 3.8) is 0 Å². The molecular formula is C18H23N3O3. The van der Waals surface area contributed by atoms with Crippen molar-refractivity contribution in [2.75, 3.05) is 13.7 Å². The summed E-state index contributed by atoms with van der Waals surface area (Å²) in [6.07, 6.45) is 0.641. The number of nitrogens with zero attached hydrogens (tertiary/aromatic N) is 1. The molecular weight excluding hydrogens is 306 g/mol. The first kappa shape index (κ1) is 17.7. The lowest BCUT2D eigenvalue weighted by molar-refractivity contribution is 0.0948. The number of aromatic nitrogens is 2. The molecule has 1 aromatic carbocycles. The molecule has 1 amide bonds. The minimum Gasteiger partial charge on any atom is -0.496 e. The molecule has 0 spiro atoms. The lowest BCUT2D eigenvalue weighted by atomic mass is 9.85. The molecule has 0 saturated carbocycles. The van der Waals surface area contributed by atoms with E-state index in [0.717, 1.165) is 11.3 Å². The number of methoxy groups -OCH3 is 1. The number of H-pyrrole nitrogens is 1. The van der Waals surface area contributed by atoms with Gasteiger partial charge in [-0.2, -0.15) is 5.10 Å². The summed E-state index contributed by atoms with van der Waals surface area (Å²) in [7, 11) is 1.64. The number of hydrogen-bond donors (Lipinski definition) is 2. The highest BCUT2D eigenvalue weighted by Gasteiger charge is 2.16. The summed E-state index contributed by atoms with van der Waals surface area (Å²) in [5.74, 6) is 0.483. The van der Waals surface area contributed by atoms with E-state index in [1.165, 1.54) is 17.7 Å². The third-order valence-corrected chi connectivity index (χ3v) is 3.74. The molecule has 6 heteroatoms. The fraction of sp³-hybridized carbons (Fsp3) is 0.389. The van der Waals surface area contributed by atoms with Crippen molar-refractivity contribution in [1.29, 1.82) is 0 Å². The maximum Gasteiger partial charge on any atom is 0.271 e. The zero-order valence-electron chi connectivity index (χ0n) is 14.5. The van der Waals surface area contributed by atoms with Crippen molar-refractivity contribution in [3.05, 3.63) is 57.5 Å². The highest BCUT2D eigenvalue weighted by molar-refractivity contribution is 5.91. The topological polar surface area (TPSA) is 84.1 Å². The fourth-order valence-corrected chi connectivity index (χ4v) is 2.31. The molecule has 0 saturated heterocycles. The number of ether oxygens (including phenoxy) is 1. The molecule has 6 nitrogen and oxygen atoms in total. The number of benzene rings is 1. The van der Waals surface area contributed by atoms with E-state index in [9.17, 15) is 9.59 Å². The van der Waals surface area contributed by atoms with Crippen LogP contribution in [0.3, 0.4) is 0 Å². The Morgan fingerprint density at radius 1 is 1.25 bits per heavy atom. The predicted molar refractivity (Wildman–Crippen MR) is 92.6 cm³/mol. The number of carbonyl (C=O) groups is 1. The maximum absolute atomic E-state index is 12.0. The molecule has 2 aromatic rings. The van der Waals surface area contributed by atoms with E-state index in [4.69, 9.17) is 4.74 Å². The molecule has 1 aromatic heterocycles. The van der Waals surface area contributed by atoms with E-state index < -0.39 is 0 Å². The number of hydrogen-bond acceptors (Lipinski definition) is 4. The lowest BCUT2D eigenvalue weighted by Gasteiger charge is -2.21. The Hall–Kier alpha value is -2.63. The molecule has 0 aliphatic heterocycles. The molecule has 0 unspecified atom stereocenters. The van der Waals surface area contributed by atoms with Gasteiger partial charge in [0.05, 0.1) is 7.11 Å². The molecule has 1 heterocycles. The number of carbonyl (C=O) groups excluding carboxylic acids is 1. The number of nitrogens with one attached hydrogen (secondary N) is 2. The Labute approximate surface area is 141 Å². The molecule has 2 rings (SSSR count). The van der Waals surface area contributed by atoms with Crippen LogP contribution in [0.4, 0.5) is 0 Å². The monoisotopic (exact) mass is 329 g/mol. The highest BCUT2D eigenvalue weighted by atomic mass is 16.5. The SMILES string of the molecule is COc1ccc(C(C)(C)C)cc1CCNC(=O)c1ccc(=O)[nH]n1. The Balaban J connectivity index is 2.04. The molecule has 0 atom stereocenters. The molecule has 128 valence electrons. The van der Waals surface area contributed by atoms with Gasteiger partial charge in [0.2, 0.25) is 0 Å². The van der Waals surface area contributed by atoms with E-state index >= 15 is 0 Å². The Bertz CT molecular complexity index is 755. The largest absolute Gasteiger partial charge is 0.496 e. The van der Waals surface area contributed by atoms with Crippen LogP contribution < -0.4 is 15.6 Å². The standard InChI is InChI=1S/C18H23N3O3/c1-18(2,3)13-5-7-15(24-4)12(11-13)9-10-19-17(23)14-6-8-16(22)21-20-14/h5-8,11H,9-10H2,1-4H3,(H,19,23)(H,21,22). The summed E-state index contributed by atoms with van der Waals surface area (Å²) < 4.78 is 5.40. The first-order chi connectivity index (χ1) is 11.3. The van der Waals surface area contributed by atoms with E-state index in [1.807, 2.05) is 6.07 Å². The number of amides is 1. The molecule has 0 radical (unpaired) electrons. The maximum atomic E-state index is 12.0. The highest BCUT2D eigenvalue weighted by Crippen LogP contribution is 2.28. The second-order valence-corrected chi connectivity index (χ2v) is 6.59. The summed E-state index contributed by atoms with van der Waals surface area (Å²) in [6, 6.07) is 8.81. The van der Waals surface area contributed by atoms with Crippen molar-refractivity contribution < 1.29 is 9.53 Å². The second-order valence-electron chi connectivity index (χ2n) is 6.59. The van der Waals surface area contributed by atoms with Crippen LogP contribution in [0.25, 0.3) is 0 Å². The van der Waals surface area contributed by atoms with Crippen LogP contribution in [0.1, 0.15) is 42.4 Å². The van der Waals surface area contributed by atoms with Gasteiger partial charge in [0.1, 0.15) is 11.4 Å². The van der Waals surface area contributed by atoms with E-state index in [0.29, 0.717) is 13.0 Å². The normalized spacial score (nSPS) is 11.2. The fourth-order valence-electron chi connectivity index (χ4n) is 2.31. The van der Waals surface area contributed by atoms with Crippen molar-refractivity contribution in [2.24, 2.45) is 0 Å². The Morgan fingerprint density at radius 3 is 2.58 bits per heavy atom. The van der Waals surface area contributed by atoms with Crippen molar-refractivity contribution >= 4 is 5.91 Å². The molecule has 0 aliphatic carbocycles. The zero-order valence-corrected chi connectivity index (χ0v) is 14.5. The molecule has 24 heavy (non-hydrogen) atoms. The third-order valence-electron chi connectivity index (χ3n) is 3.74. The van der Waals surface area contributed by atoms with Gasteiger partial charge in [0, 0.05) is 12.6 Å². The van der Waals surface area contributed by atoms with Gasteiger partial charge < -0.3 is 10.1 Å². The minimum atomic E-state index is -0.338. The van der Waals surface area contributed by atoms with E-state index in [-0.39, 0.29) is 22.6 Å². The van der Waals surface area contributed by atoms with Gasteiger partial charge in [-0.25, -0.2) is 5.10 Å². The average Bonchev–Trinajstić information content (AvgIpc) is 2.54. The minimum absolute atomic E-state index is 0.0457. The average molecular weight is 329 g/mol. The zero-order chi connectivity index (χ0) is 17.7. The van der Waals surface area contributed by atoms with Crippen molar-refractivity contribution in [3.8, 4) is 5.75 Å². The summed E-state index contributed by atoms with van der Waals surface area (Å²) >= 11 is 0. The van der Waals surface area contributed by atoms with Gasteiger partial charge in [-0.15, -0.1) is 0 Å². The Kier molecular flexibility index (Phi) is 5.39. The molecule has 0 aliphatic rings. The summed E-state index contributed by atoms with van der Waals surface area (Å²) in [4.78, 5) is 23.0. The third kappa shape index (κ3) is 4.44. The molecule has 2 N–H and O–H groups in total. The van der Waals surface area contributed by atoms with Crippen LogP contribution in [0.2, 0.25) is 0 Å². The quantitative estimate of drug-likeness (QED) is 0.879. The van der Waals surface area contributed by atoms with Gasteiger partial charge in [0.25, 0.3) is 11.5 Å².